The highest BCUT2D eigenvalue weighted by Crippen LogP contribution is 2.20. The molecular formula is C16H23FN2OS. The summed E-state index contributed by atoms with van der Waals surface area (Å²) in [5.41, 5.74) is 0. The zero-order valence-corrected chi connectivity index (χ0v) is 13.5. The highest BCUT2D eigenvalue weighted by Gasteiger charge is 2.24. The first-order chi connectivity index (χ1) is 10.1. The van der Waals surface area contributed by atoms with Gasteiger partial charge in [0.05, 0.1) is 5.75 Å². The summed E-state index contributed by atoms with van der Waals surface area (Å²) in [6.07, 6.45) is 2.11. The molecule has 1 heterocycles. The van der Waals surface area contributed by atoms with E-state index in [1.54, 1.807) is 12.1 Å². The second-order valence-electron chi connectivity index (χ2n) is 5.41. The molecule has 3 nitrogen and oxygen atoms in total. The molecule has 0 radical (unpaired) electrons. The molecule has 1 amide bonds. The molecule has 1 fully saturated rings. The largest absolute Gasteiger partial charge is 0.342 e. The number of benzene rings is 1. The fourth-order valence-electron chi connectivity index (χ4n) is 2.60. The highest BCUT2D eigenvalue weighted by atomic mass is 32.2. The Morgan fingerprint density at radius 1 is 1.33 bits per heavy atom. The minimum atomic E-state index is -0.245. The molecule has 0 unspecified atom stereocenters. The minimum absolute atomic E-state index is 0.152. The Morgan fingerprint density at radius 2 is 1.95 bits per heavy atom. The summed E-state index contributed by atoms with van der Waals surface area (Å²) in [4.78, 5) is 17.5. The van der Waals surface area contributed by atoms with Crippen LogP contribution in [0, 0.1) is 5.82 Å². The first kappa shape index (κ1) is 16.3. The van der Waals surface area contributed by atoms with E-state index in [0.717, 1.165) is 37.4 Å². The number of carbonyl (C=O) groups excluding carboxylic acids is 1. The van der Waals surface area contributed by atoms with Gasteiger partial charge in [0, 0.05) is 31.1 Å². The average Bonchev–Trinajstić information content (AvgIpc) is 2.53. The van der Waals surface area contributed by atoms with E-state index in [1.165, 1.54) is 23.9 Å². The summed E-state index contributed by atoms with van der Waals surface area (Å²) in [7, 11) is 1.90. The van der Waals surface area contributed by atoms with Gasteiger partial charge in [0.15, 0.2) is 0 Å². The normalized spacial score (nSPS) is 16.9. The number of likely N-dealkylation sites (tertiary alicyclic amines) is 1. The predicted molar refractivity (Wildman–Crippen MR) is 85.0 cm³/mol. The van der Waals surface area contributed by atoms with E-state index in [1.807, 2.05) is 11.9 Å². The van der Waals surface area contributed by atoms with Crippen LogP contribution >= 0.6 is 11.8 Å². The molecule has 0 aromatic heterocycles. The number of rotatable bonds is 5. The second kappa shape index (κ2) is 7.80. The van der Waals surface area contributed by atoms with Crippen LogP contribution in [0.25, 0.3) is 0 Å². The molecule has 0 bridgehead atoms. The zero-order chi connectivity index (χ0) is 15.2. The Labute approximate surface area is 130 Å². The summed E-state index contributed by atoms with van der Waals surface area (Å²) >= 11 is 1.47. The molecule has 0 atom stereocenters. The molecule has 21 heavy (non-hydrogen) atoms. The molecule has 116 valence electrons. The number of hydrogen-bond donors (Lipinski definition) is 0. The van der Waals surface area contributed by atoms with Crippen molar-refractivity contribution in [3.8, 4) is 0 Å². The maximum atomic E-state index is 12.8. The highest BCUT2D eigenvalue weighted by molar-refractivity contribution is 8.00. The summed E-state index contributed by atoms with van der Waals surface area (Å²) in [5, 5.41) is 0. The van der Waals surface area contributed by atoms with E-state index in [9.17, 15) is 9.18 Å². The Morgan fingerprint density at radius 3 is 2.52 bits per heavy atom. The van der Waals surface area contributed by atoms with Crippen molar-refractivity contribution in [2.24, 2.45) is 0 Å². The smallest absolute Gasteiger partial charge is 0.232 e. The van der Waals surface area contributed by atoms with E-state index < -0.39 is 0 Å². The Kier molecular flexibility index (Phi) is 6.06. The van der Waals surface area contributed by atoms with Crippen LogP contribution in [-0.4, -0.2) is 54.2 Å². The average molecular weight is 310 g/mol. The lowest BCUT2D eigenvalue weighted by Gasteiger charge is -2.36. The van der Waals surface area contributed by atoms with Crippen molar-refractivity contribution in [2.75, 3.05) is 32.4 Å². The lowest BCUT2D eigenvalue weighted by molar-refractivity contribution is -0.129. The molecule has 2 rings (SSSR count). The number of thioether (sulfide) groups is 1. The third-order valence-corrected chi connectivity index (χ3v) is 5.12. The predicted octanol–water partition coefficient (Wildman–Crippen LogP) is 2.86. The van der Waals surface area contributed by atoms with Gasteiger partial charge in [0.25, 0.3) is 0 Å². The van der Waals surface area contributed by atoms with Crippen molar-refractivity contribution in [1.82, 2.24) is 9.80 Å². The lowest BCUT2D eigenvalue weighted by Crippen LogP contribution is -2.46. The minimum Gasteiger partial charge on any atom is -0.342 e. The van der Waals surface area contributed by atoms with Crippen LogP contribution in [0.15, 0.2) is 29.2 Å². The van der Waals surface area contributed by atoms with E-state index in [2.05, 4.69) is 11.8 Å². The van der Waals surface area contributed by atoms with Crippen molar-refractivity contribution < 1.29 is 9.18 Å². The van der Waals surface area contributed by atoms with Gasteiger partial charge in [-0.2, -0.15) is 0 Å². The van der Waals surface area contributed by atoms with Crippen molar-refractivity contribution in [2.45, 2.75) is 30.7 Å². The maximum Gasteiger partial charge on any atom is 0.232 e. The topological polar surface area (TPSA) is 23.6 Å². The fourth-order valence-corrected chi connectivity index (χ4v) is 3.43. The van der Waals surface area contributed by atoms with E-state index >= 15 is 0 Å². The van der Waals surface area contributed by atoms with Crippen molar-refractivity contribution in [3.63, 3.8) is 0 Å². The second-order valence-corrected chi connectivity index (χ2v) is 6.46. The van der Waals surface area contributed by atoms with Crippen LogP contribution in [0.5, 0.6) is 0 Å². The molecule has 1 aromatic carbocycles. The van der Waals surface area contributed by atoms with Crippen LogP contribution in [0.4, 0.5) is 4.39 Å². The molecule has 0 saturated carbocycles. The zero-order valence-electron chi connectivity index (χ0n) is 12.7. The Bertz CT molecular complexity index is 458. The molecule has 5 heteroatoms. The van der Waals surface area contributed by atoms with Gasteiger partial charge in [-0.05, 0) is 43.7 Å². The van der Waals surface area contributed by atoms with Gasteiger partial charge in [-0.1, -0.05) is 6.92 Å². The summed E-state index contributed by atoms with van der Waals surface area (Å²) in [5.74, 6) is 0.320. The van der Waals surface area contributed by atoms with Gasteiger partial charge in [-0.15, -0.1) is 11.8 Å². The summed E-state index contributed by atoms with van der Waals surface area (Å²) < 4.78 is 12.8. The monoisotopic (exact) mass is 310 g/mol. The van der Waals surface area contributed by atoms with E-state index in [4.69, 9.17) is 0 Å². The quantitative estimate of drug-likeness (QED) is 0.781. The third kappa shape index (κ3) is 4.71. The van der Waals surface area contributed by atoms with Gasteiger partial charge >= 0.3 is 0 Å². The maximum absolute atomic E-state index is 12.8. The summed E-state index contributed by atoms with van der Waals surface area (Å²) in [6.45, 7) is 5.41. The third-order valence-electron chi connectivity index (χ3n) is 4.12. The number of hydrogen-bond acceptors (Lipinski definition) is 3. The molecule has 0 aliphatic carbocycles. The van der Waals surface area contributed by atoms with Crippen molar-refractivity contribution in [1.29, 1.82) is 0 Å². The van der Waals surface area contributed by atoms with Crippen LogP contribution < -0.4 is 0 Å². The van der Waals surface area contributed by atoms with Crippen molar-refractivity contribution >= 4 is 17.7 Å². The fraction of sp³-hybridized carbons (Fsp3) is 0.562. The number of amides is 1. The van der Waals surface area contributed by atoms with E-state index in [0.29, 0.717) is 11.8 Å². The van der Waals surface area contributed by atoms with Gasteiger partial charge < -0.3 is 9.80 Å². The van der Waals surface area contributed by atoms with Crippen LogP contribution in [0.3, 0.4) is 0 Å². The number of piperidine rings is 1. The first-order valence-corrected chi connectivity index (χ1v) is 8.45. The molecule has 0 spiro atoms. The number of carbonyl (C=O) groups is 1. The lowest BCUT2D eigenvalue weighted by atomic mass is 10.0. The molecular weight excluding hydrogens is 287 g/mol. The van der Waals surface area contributed by atoms with Gasteiger partial charge in [0.2, 0.25) is 5.91 Å². The molecule has 1 saturated heterocycles. The molecule has 1 aliphatic rings. The summed E-state index contributed by atoms with van der Waals surface area (Å²) in [6, 6.07) is 6.64. The van der Waals surface area contributed by atoms with Gasteiger partial charge in [-0.3, -0.25) is 4.79 Å². The Hall–Kier alpha value is -1.07. The van der Waals surface area contributed by atoms with Crippen LogP contribution in [-0.2, 0) is 4.79 Å². The molecule has 0 N–H and O–H groups in total. The number of halogens is 1. The Balaban J connectivity index is 1.78. The SMILES string of the molecule is CCN1CCC(N(C)C(=O)CSc2ccc(F)cc2)CC1. The van der Waals surface area contributed by atoms with Gasteiger partial charge in [0.1, 0.15) is 5.82 Å². The molecule has 1 aromatic rings. The molecule has 1 aliphatic heterocycles. The first-order valence-electron chi connectivity index (χ1n) is 7.46. The van der Waals surface area contributed by atoms with Crippen LogP contribution in [0.1, 0.15) is 19.8 Å². The van der Waals surface area contributed by atoms with Crippen molar-refractivity contribution in [3.05, 3.63) is 30.1 Å². The number of nitrogens with zero attached hydrogens (tertiary/aromatic N) is 2. The van der Waals surface area contributed by atoms with Gasteiger partial charge in [-0.25, -0.2) is 4.39 Å². The standard InChI is InChI=1S/C16H23FN2OS/c1-3-19-10-8-14(9-11-19)18(2)16(20)12-21-15-6-4-13(17)5-7-15/h4-7,14H,3,8-12H2,1-2H3. The van der Waals surface area contributed by atoms with Crippen LogP contribution in [0.2, 0.25) is 0 Å². The van der Waals surface area contributed by atoms with E-state index in [-0.39, 0.29) is 11.7 Å².